The molecule has 2 fully saturated rings. The maximum atomic E-state index is 3.59. The third kappa shape index (κ3) is 2.93. The van der Waals surface area contributed by atoms with Crippen molar-refractivity contribution in [3.8, 4) is 0 Å². The van der Waals surface area contributed by atoms with E-state index in [4.69, 9.17) is 0 Å². The van der Waals surface area contributed by atoms with Gasteiger partial charge in [-0.3, -0.25) is 4.90 Å². The van der Waals surface area contributed by atoms with Crippen LogP contribution in [0.4, 0.5) is 0 Å². The fourth-order valence-electron chi connectivity index (χ4n) is 3.25. The van der Waals surface area contributed by atoms with E-state index in [0.717, 1.165) is 6.54 Å². The van der Waals surface area contributed by atoms with Crippen molar-refractivity contribution in [3.05, 3.63) is 35.4 Å². The topological polar surface area (TPSA) is 15.3 Å². The molecule has 0 radical (unpaired) electrons. The van der Waals surface area contributed by atoms with Crippen LogP contribution in [0.5, 0.6) is 0 Å². The molecule has 1 atom stereocenters. The molecule has 2 saturated heterocycles. The third-order valence-electron chi connectivity index (χ3n) is 4.27. The Morgan fingerprint density at radius 1 is 1.11 bits per heavy atom. The van der Waals surface area contributed by atoms with E-state index in [9.17, 15) is 0 Å². The Kier molecular flexibility index (Phi) is 3.96. The summed E-state index contributed by atoms with van der Waals surface area (Å²) in [6.07, 6.45) is 6.80. The average Bonchev–Trinajstić information content (AvgIpc) is 2.94. The first-order valence-corrected chi connectivity index (χ1v) is 7.46. The van der Waals surface area contributed by atoms with Crippen LogP contribution in [0.1, 0.15) is 49.3 Å². The largest absolute Gasteiger partial charge is 0.310 e. The van der Waals surface area contributed by atoms with Gasteiger partial charge < -0.3 is 5.32 Å². The molecule has 98 valence electrons. The standard InChI is InChI=1S/C16H24N2/c1-2-10-18(11-3-1)13-14-6-4-7-15(12-14)16-8-5-9-17-16/h4,6-7,12,16-17H,1-3,5,8-11,13H2. The number of piperidine rings is 1. The minimum atomic E-state index is 0.603. The van der Waals surface area contributed by atoms with Crippen LogP contribution in [0.3, 0.4) is 0 Å². The van der Waals surface area contributed by atoms with E-state index < -0.39 is 0 Å². The van der Waals surface area contributed by atoms with Crippen LogP contribution in [0.2, 0.25) is 0 Å². The first kappa shape index (κ1) is 12.2. The zero-order valence-corrected chi connectivity index (χ0v) is 11.2. The minimum absolute atomic E-state index is 0.603. The molecule has 18 heavy (non-hydrogen) atoms. The van der Waals surface area contributed by atoms with Gasteiger partial charge in [-0.25, -0.2) is 0 Å². The fourth-order valence-corrected chi connectivity index (χ4v) is 3.25. The van der Waals surface area contributed by atoms with Crippen LogP contribution in [0, 0.1) is 0 Å². The molecule has 1 N–H and O–H groups in total. The lowest BCUT2D eigenvalue weighted by molar-refractivity contribution is 0.221. The van der Waals surface area contributed by atoms with Crippen molar-refractivity contribution in [2.24, 2.45) is 0 Å². The van der Waals surface area contributed by atoms with Crippen molar-refractivity contribution in [1.29, 1.82) is 0 Å². The van der Waals surface area contributed by atoms with E-state index in [1.165, 1.54) is 62.9 Å². The van der Waals surface area contributed by atoms with E-state index in [1.807, 2.05) is 0 Å². The van der Waals surface area contributed by atoms with Crippen molar-refractivity contribution < 1.29 is 0 Å². The normalized spacial score (nSPS) is 25.4. The van der Waals surface area contributed by atoms with Gasteiger partial charge in [0.25, 0.3) is 0 Å². The monoisotopic (exact) mass is 244 g/mol. The summed E-state index contributed by atoms with van der Waals surface area (Å²) < 4.78 is 0. The Morgan fingerprint density at radius 2 is 2.00 bits per heavy atom. The predicted molar refractivity (Wildman–Crippen MR) is 75.5 cm³/mol. The van der Waals surface area contributed by atoms with Gasteiger partial charge >= 0.3 is 0 Å². The second-order valence-corrected chi connectivity index (χ2v) is 5.73. The molecular weight excluding hydrogens is 220 g/mol. The van der Waals surface area contributed by atoms with Gasteiger partial charge in [0.05, 0.1) is 0 Å². The van der Waals surface area contributed by atoms with E-state index in [1.54, 1.807) is 0 Å². The molecule has 0 bridgehead atoms. The van der Waals surface area contributed by atoms with Crippen molar-refractivity contribution in [1.82, 2.24) is 10.2 Å². The van der Waals surface area contributed by atoms with E-state index in [2.05, 4.69) is 34.5 Å². The maximum Gasteiger partial charge on any atom is 0.0320 e. The molecule has 3 rings (SSSR count). The number of rotatable bonds is 3. The highest BCUT2D eigenvalue weighted by molar-refractivity contribution is 5.26. The van der Waals surface area contributed by atoms with E-state index >= 15 is 0 Å². The first-order chi connectivity index (χ1) is 8.92. The fraction of sp³-hybridized carbons (Fsp3) is 0.625. The lowest BCUT2D eigenvalue weighted by Crippen LogP contribution is -2.29. The third-order valence-corrected chi connectivity index (χ3v) is 4.27. The number of likely N-dealkylation sites (tertiary alicyclic amines) is 1. The van der Waals surface area contributed by atoms with Crippen LogP contribution in [0.15, 0.2) is 24.3 Å². The van der Waals surface area contributed by atoms with Crippen LogP contribution >= 0.6 is 0 Å². The molecule has 2 aliphatic heterocycles. The van der Waals surface area contributed by atoms with Crippen molar-refractivity contribution in [2.75, 3.05) is 19.6 Å². The lowest BCUT2D eigenvalue weighted by atomic mass is 10.0. The number of nitrogens with zero attached hydrogens (tertiary/aromatic N) is 1. The molecule has 0 aromatic heterocycles. The molecule has 1 unspecified atom stereocenters. The van der Waals surface area contributed by atoms with Gasteiger partial charge in [0.15, 0.2) is 0 Å². The quantitative estimate of drug-likeness (QED) is 0.879. The average molecular weight is 244 g/mol. The number of hydrogen-bond donors (Lipinski definition) is 1. The van der Waals surface area contributed by atoms with Gasteiger partial charge in [0, 0.05) is 12.6 Å². The van der Waals surface area contributed by atoms with Gasteiger partial charge in [-0.15, -0.1) is 0 Å². The predicted octanol–water partition coefficient (Wildman–Crippen LogP) is 3.10. The Balaban J connectivity index is 1.66. The maximum absolute atomic E-state index is 3.59. The summed E-state index contributed by atoms with van der Waals surface area (Å²) in [6, 6.07) is 9.81. The van der Waals surface area contributed by atoms with Crippen molar-refractivity contribution in [3.63, 3.8) is 0 Å². The van der Waals surface area contributed by atoms with Gasteiger partial charge in [0.1, 0.15) is 0 Å². The minimum Gasteiger partial charge on any atom is -0.310 e. The molecule has 2 nitrogen and oxygen atoms in total. The molecule has 1 aromatic rings. The summed E-state index contributed by atoms with van der Waals surface area (Å²) in [5, 5.41) is 3.59. The van der Waals surface area contributed by atoms with Crippen LogP contribution in [-0.2, 0) is 6.54 Å². The molecule has 0 amide bonds. The van der Waals surface area contributed by atoms with E-state index in [-0.39, 0.29) is 0 Å². The SMILES string of the molecule is c1cc(CN2CCCCC2)cc(C2CCCN2)c1. The number of hydrogen-bond acceptors (Lipinski definition) is 2. The molecule has 0 spiro atoms. The first-order valence-electron chi connectivity index (χ1n) is 7.46. The lowest BCUT2D eigenvalue weighted by Gasteiger charge is -2.26. The summed E-state index contributed by atoms with van der Waals surface area (Å²) >= 11 is 0. The Morgan fingerprint density at radius 3 is 2.78 bits per heavy atom. The summed E-state index contributed by atoms with van der Waals surface area (Å²) in [7, 11) is 0. The number of benzene rings is 1. The van der Waals surface area contributed by atoms with Crippen LogP contribution in [0.25, 0.3) is 0 Å². The van der Waals surface area contributed by atoms with Crippen LogP contribution in [-0.4, -0.2) is 24.5 Å². The van der Waals surface area contributed by atoms with Crippen LogP contribution < -0.4 is 5.32 Å². The van der Waals surface area contributed by atoms with Gasteiger partial charge in [0.2, 0.25) is 0 Å². The molecule has 0 saturated carbocycles. The Hall–Kier alpha value is -0.860. The van der Waals surface area contributed by atoms with Crippen molar-refractivity contribution in [2.45, 2.75) is 44.7 Å². The zero-order chi connectivity index (χ0) is 12.2. The summed E-state index contributed by atoms with van der Waals surface area (Å²) in [5.74, 6) is 0. The van der Waals surface area contributed by atoms with Gasteiger partial charge in [-0.1, -0.05) is 30.7 Å². The highest BCUT2D eigenvalue weighted by atomic mass is 15.1. The molecule has 2 heteroatoms. The molecule has 0 aliphatic carbocycles. The molecular formula is C16H24N2. The summed E-state index contributed by atoms with van der Waals surface area (Å²) in [5.41, 5.74) is 2.98. The summed E-state index contributed by atoms with van der Waals surface area (Å²) in [4.78, 5) is 2.60. The second-order valence-electron chi connectivity index (χ2n) is 5.73. The molecule has 2 aliphatic rings. The van der Waals surface area contributed by atoms with E-state index in [0.29, 0.717) is 6.04 Å². The Labute approximate surface area is 110 Å². The van der Waals surface area contributed by atoms with Crippen molar-refractivity contribution >= 4 is 0 Å². The van der Waals surface area contributed by atoms with Gasteiger partial charge in [-0.2, -0.15) is 0 Å². The number of nitrogens with one attached hydrogen (secondary N) is 1. The molecule has 2 heterocycles. The smallest absolute Gasteiger partial charge is 0.0320 e. The summed E-state index contributed by atoms with van der Waals surface area (Å²) in [6.45, 7) is 4.89. The highest BCUT2D eigenvalue weighted by Gasteiger charge is 2.16. The Bertz CT molecular complexity index is 376. The second kappa shape index (κ2) is 5.85. The molecule has 1 aromatic carbocycles. The highest BCUT2D eigenvalue weighted by Crippen LogP contribution is 2.24. The van der Waals surface area contributed by atoms with Gasteiger partial charge in [-0.05, 0) is 56.4 Å². The zero-order valence-electron chi connectivity index (χ0n) is 11.2.